The van der Waals surface area contributed by atoms with Crippen molar-refractivity contribution in [1.29, 1.82) is 0 Å². The minimum atomic E-state index is -0.349. The van der Waals surface area contributed by atoms with Crippen LogP contribution in [-0.2, 0) is 19.1 Å². The highest BCUT2D eigenvalue weighted by Crippen LogP contribution is 2.16. The van der Waals surface area contributed by atoms with Crippen molar-refractivity contribution in [3.05, 3.63) is 35.9 Å². The predicted molar refractivity (Wildman–Crippen MR) is 67.1 cm³/mol. The first kappa shape index (κ1) is 14.2. The number of benzene rings is 1. The van der Waals surface area contributed by atoms with E-state index in [4.69, 9.17) is 9.47 Å². The van der Waals surface area contributed by atoms with Gasteiger partial charge in [0.25, 0.3) is 0 Å². The summed E-state index contributed by atoms with van der Waals surface area (Å²) in [5.41, 5.74) is 0.902. The summed E-state index contributed by atoms with van der Waals surface area (Å²) in [4.78, 5) is 22.8. The van der Waals surface area contributed by atoms with Gasteiger partial charge in [0, 0.05) is 0 Å². The standard InChI is InChI=1S/C14H18O4/c1-3-17-13(15)9-10-18-14(16)11(2)12-7-5-4-6-8-12/h4-8,11H,3,9-10H2,1-2H3. The molecule has 0 aliphatic carbocycles. The van der Waals surface area contributed by atoms with Gasteiger partial charge in [-0.15, -0.1) is 0 Å². The molecule has 1 aromatic rings. The quantitative estimate of drug-likeness (QED) is 0.727. The lowest BCUT2D eigenvalue weighted by atomic mass is 10.0. The van der Waals surface area contributed by atoms with Crippen LogP contribution < -0.4 is 0 Å². The Morgan fingerprint density at radius 1 is 1.17 bits per heavy atom. The third kappa shape index (κ3) is 4.57. The van der Waals surface area contributed by atoms with Crippen LogP contribution in [0, 0.1) is 0 Å². The number of hydrogen-bond donors (Lipinski definition) is 0. The van der Waals surface area contributed by atoms with E-state index in [9.17, 15) is 9.59 Å². The summed E-state index contributed by atoms with van der Waals surface area (Å²) in [6.45, 7) is 3.92. The average Bonchev–Trinajstić information content (AvgIpc) is 2.39. The SMILES string of the molecule is CCOC(=O)CCOC(=O)C(C)c1ccccc1. The smallest absolute Gasteiger partial charge is 0.313 e. The molecule has 0 spiro atoms. The maximum Gasteiger partial charge on any atom is 0.313 e. The Morgan fingerprint density at radius 2 is 1.83 bits per heavy atom. The average molecular weight is 250 g/mol. The van der Waals surface area contributed by atoms with E-state index in [-0.39, 0.29) is 30.9 Å². The van der Waals surface area contributed by atoms with Gasteiger partial charge < -0.3 is 9.47 Å². The number of hydrogen-bond acceptors (Lipinski definition) is 4. The third-order valence-corrected chi connectivity index (χ3v) is 2.51. The van der Waals surface area contributed by atoms with Crippen molar-refractivity contribution in [2.75, 3.05) is 13.2 Å². The zero-order chi connectivity index (χ0) is 13.4. The molecule has 1 rings (SSSR count). The molecule has 98 valence electrons. The fourth-order valence-electron chi connectivity index (χ4n) is 1.47. The zero-order valence-electron chi connectivity index (χ0n) is 10.7. The van der Waals surface area contributed by atoms with E-state index in [2.05, 4.69) is 0 Å². The van der Waals surface area contributed by atoms with Crippen LogP contribution in [0.4, 0.5) is 0 Å². The molecule has 4 nitrogen and oxygen atoms in total. The van der Waals surface area contributed by atoms with E-state index in [0.29, 0.717) is 6.61 Å². The Labute approximate surface area is 107 Å². The van der Waals surface area contributed by atoms with Crippen molar-refractivity contribution >= 4 is 11.9 Å². The summed E-state index contributed by atoms with van der Waals surface area (Å²) in [6.07, 6.45) is 0.0983. The second-order valence-corrected chi connectivity index (χ2v) is 3.85. The molecule has 0 amide bonds. The van der Waals surface area contributed by atoms with Gasteiger partial charge in [-0.1, -0.05) is 30.3 Å². The molecule has 0 aliphatic rings. The summed E-state index contributed by atoms with van der Waals surface area (Å²) in [7, 11) is 0. The van der Waals surface area contributed by atoms with Crippen LogP contribution >= 0.6 is 0 Å². The molecule has 1 unspecified atom stereocenters. The second kappa shape index (κ2) is 7.48. The van der Waals surface area contributed by atoms with E-state index < -0.39 is 0 Å². The molecule has 18 heavy (non-hydrogen) atoms. The summed E-state index contributed by atoms with van der Waals surface area (Å²) in [5.74, 6) is -1.00. The van der Waals surface area contributed by atoms with Crippen molar-refractivity contribution in [1.82, 2.24) is 0 Å². The molecule has 1 atom stereocenters. The number of esters is 2. The third-order valence-electron chi connectivity index (χ3n) is 2.51. The molecular weight excluding hydrogens is 232 g/mol. The first-order valence-corrected chi connectivity index (χ1v) is 6.02. The molecule has 1 aromatic carbocycles. The van der Waals surface area contributed by atoms with E-state index >= 15 is 0 Å². The van der Waals surface area contributed by atoms with Crippen molar-refractivity contribution in [3.63, 3.8) is 0 Å². The molecule has 0 fully saturated rings. The Morgan fingerprint density at radius 3 is 2.44 bits per heavy atom. The van der Waals surface area contributed by atoms with Crippen molar-refractivity contribution in [2.45, 2.75) is 26.2 Å². The van der Waals surface area contributed by atoms with E-state index in [1.807, 2.05) is 30.3 Å². The normalized spacial score (nSPS) is 11.7. The lowest BCUT2D eigenvalue weighted by Gasteiger charge is -2.11. The highest BCUT2D eigenvalue weighted by Gasteiger charge is 2.16. The second-order valence-electron chi connectivity index (χ2n) is 3.85. The van der Waals surface area contributed by atoms with Gasteiger partial charge in [-0.2, -0.15) is 0 Å². The van der Waals surface area contributed by atoms with Crippen LogP contribution in [0.1, 0.15) is 31.7 Å². The minimum Gasteiger partial charge on any atom is -0.466 e. The van der Waals surface area contributed by atoms with E-state index in [1.165, 1.54) is 0 Å². The predicted octanol–water partition coefficient (Wildman–Crippen LogP) is 2.29. The molecule has 0 bridgehead atoms. The lowest BCUT2D eigenvalue weighted by molar-refractivity contribution is -0.149. The fraction of sp³-hybridized carbons (Fsp3) is 0.429. The van der Waals surface area contributed by atoms with Gasteiger partial charge in [-0.05, 0) is 19.4 Å². The molecule has 0 N–H and O–H groups in total. The monoisotopic (exact) mass is 250 g/mol. The lowest BCUT2D eigenvalue weighted by Crippen LogP contribution is -2.16. The minimum absolute atomic E-state index is 0.0643. The molecule has 0 saturated heterocycles. The van der Waals surface area contributed by atoms with Crippen LogP contribution in [0.25, 0.3) is 0 Å². The topological polar surface area (TPSA) is 52.6 Å². The van der Waals surface area contributed by atoms with Gasteiger partial charge in [-0.3, -0.25) is 9.59 Å². The molecule has 0 heterocycles. The van der Waals surface area contributed by atoms with Gasteiger partial charge >= 0.3 is 11.9 Å². The number of ether oxygens (including phenoxy) is 2. The maximum atomic E-state index is 11.7. The maximum absolute atomic E-state index is 11.7. The summed E-state index contributed by atoms with van der Waals surface area (Å²) in [5, 5.41) is 0. The van der Waals surface area contributed by atoms with Crippen LogP contribution in [-0.4, -0.2) is 25.2 Å². The molecular formula is C14H18O4. The molecule has 4 heteroatoms. The Balaban J connectivity index is 2.35. The Kier molecular flexibility index (Phi) is 5.91. The summed E-state index contributed by atoms with van der Waals surface area (Å²) < 4.78 is 9.77. The number of rotatable bonds is 6. The van der Waals surface area contributed by atoms with Crippen LogP contribution in [0.2, 0.25) is 0 Å². The van der Waals surface area contributed by atoms with Gasteiger partial charge in [-0.25, -0.2) is 0 Å². The fourth-order valence-corrected chi connectivity index (χ4v) is 1.47. The zero-order valence-corrected chi connectivity index (χ0v) is 10.7. The summed E-state index contributed by atoms with van der Waals surface area (Å²) >= 11 is 0. The van der Waals surface area contributed by atoms with Crippen molar-refractivity contribution in [3.8, 4) is 0 Å². The van der Waals surface area contributed by atoms with Gasteiger partial charge in [0.15, 0.2) is 0 Å². The molecule has 0 saturated carbocycles. The van der Waals surface area contributed by atoms with Crippen LogP contribution in [0.5, 0.6) is 0 Å². The van der Waals surface area contributed by atoms with E-state index in [1.54, 1.807) is 13.8 Å². The van der Waals surface area contributed by atoms with Gasteiger partial charge in [0.05, 0.1) is 18.9 Å². The Bertz CT molecular complexity index is 386. The highest BCUT2D eigenvalue weighted by atomic mass is 16.5. The van der Waals surface area contributed by atoms with Gasteiger partial charge in [0.1, 0.15) is 6.61 Å². The van der Waals surface area contributed by atoms with Crippen LogP contribution in [0.3, 0.4) is 0 Å². The number of carbonyl (C=O) groups excluding carboxylic acids is 2. The van der Waals surface area contributed by atoms with Gasteiger partial charge in [0.2, 0.25) is 0 Å². The van der Waals surface area contributed by atoms with Crippen molar-refractivity contribution in [2.24, 2.45) is 0 Å². The Hall–Kier alpha value is -1.84. The first-order valence-electron chi connectivity index (χ1n) is 6.02. The first-order chi connectivity index (χ1) is 8.65. The summed E-state index contributed by atoms with van der Waals surface area (Å²) in [6, 6.07) is 9.38. The largest absolute Gasteiger partial charge is 0.466 e. The van der Waals surface area contributed by atoms with Crippen molar-refractivity contribution < 1.29 is 19.1 Å². The molecule has 0 radical (unpaired) electrons. The highest BCUT2D eigenvalue weighted by molar-refractivity contribution is 5.78. The van der Waals surface area contributed by atoms with Crippen LogP contribution in [0.15, 0.2) is 30.3 Å². The molecule has 0 aromatic heterocycles. The van der Waals surface area contributed by atoms with E-state index in [0.717, 1.165) is 5.56 Å². The number of carbonyl (C=O) groups is 2. The molecule has 0 aliphatic heterocycles.